The zero-order valence-electron chi connectivity index (χ0n) is 22.6. The number of carbonyl (C=O) groups is 1. The Balaban J connectivity index is 3.89. The predicted molar refractivity (Wildman–Crippen MR) is 159 cm³/mol. The average Bonchev–Trinajstić information content (AvgIpc) is 2.81. The highest BCUT2D eigenvalue weighted by molar-refractivity contribution is 6.76. The van der Waals surface area contributed by atoms with Gasteiger partial charge >= 0.3 is 6.09 Å². The highest BCUT2D eigenvalue weighted by Crippen LogP contribution is 2.45. The largest absolute Gasteiger partial charge is 0.493 e. The molecule has 1 aromatic rings. The van der Waals surface area contributed by atoms with E-state index in [4.69, 9.17) is 109 Å². The molecule has 0 bridgehead atoms. The maximum atomic E-state index is 12.9. The van der Waals surface area contributed by atoms with Gasteiger partial charge in [-0.1, -0.05) is 82.3 Å². The molecule has 16 heteroatoms. The molecule has 0 fully saturated rings. The van der Waals surface area contributed by atoms with Crippen molar-refractivity contribution in [1.29, 1.82) is 10.8 Å². The Morgan fingerprint density at radius 1 is 1.02 bits per heavy atom. The summed E-state index contributed by atoms with van der Waals surface area (Å²) in [7, 11) is 2.85. The summed E-state index contributed by atoms with van der Waals surface area (Å²) in [6, 6.07) is 0.226. The van der Waals surface area contributed by atoms with Crippen LogP contribution >= 0.6 is 69.6 Å². The monoisotopic (exact) mass is 683 g/mol. The van der Waals surface area contributed by atoms with E-state index in [9.17, 15) is 4.79 Å². The van der Waals surface area contributed by atoms with E-state index in [1.807, 2.05) is 0 Å². The molecular weight excluding hydrogens is 655 g/mol. The fourth-order valence-corrected chi connectivity index (χ4v) is 3.50. The van der Waals surface area contributed by atoms with Crippen LogP contribution in [0.1, 0.15) is 38.0 Å². The van der Waals surface area contributed by atoms with E-state index in [1.165, 1.54) is 26.4 Å². The molecule has 0 radical (unpaired) electrons. The van der Waals surface area contributed by atoms with Crippen molar-refractivity contribution in [3.8, 4) is 17.2 Å². The molecule has 10 nitrogen and oxygen atoms in total. The molecule has 0 unspecified atom stereocenters. The van der Waals surface area contributed by atoms with Gasteiger partial charge in [0.05, 0.1) is 14.2 Å². The van der Waals surface area contributed by atoms with Crippen molar-refractivity contribution in [2.24, 2.45) is 0 Å². The highest BCUT2D eigenvalue weighted by Gasteiger charge is 2.39. The Kier molecular flexibility index (Phi) is 13.6. The number of hydrogen-bond donors (Lipinski definition) is 3. The number of halogens is 6. The number of carbonyl (C=O) groups excluding carboxylic acids is 1. The molecule has 0 saturated carbocycles. The number of hydrogen-bond acceptors (Lipinski definition) is 9. The molecule has 0 aliphatic carbocycles. The number of benzene rings is 1. The number of methoxy groups -OCH3 is 2. The molecule has 0 spiro atoms. The van der Waals surface area contributed by atoms with E-state index in [0.29, 0.717) is 11.3 Å². The number of ether oxygens (including phenoxy) is 6. The number of alkyl carbamates (subject to hydrolysis) is 1. The molecule has 0 aliphatic rings. The molecule has 40 heavy (non-hydrogen) atoms. The summed E-state index contributed by atoms with van der Waals surface area (Å²) < 4.78 is 29.0. The van der Waals surface area contributed by atoms with Gasteiger partial charge in [0.15, 0.2) is 17.6 Å². The molecule has 0 saturated heterocycles. The minimum atomic E-state index is -2.30. The fraction of sp³-hybridized carbons (Fsp3) is 0.542. The third kappa shape index (κ3) is 10.9. The molecular formula is C24H31Cl6N3O7. The molecule has 0 aromatic heterocycles. The average molecular weight is 686 g/mol. The zero-order valence-corrected chi connectivity index (χ0v) is 27.1. The summed E-state index contributed by atoms with van der Waals surface area (Å²) in [6.45, 7) is 9.84. The van der Waals surface area contributed by atoms with E-state index >= 15 is 0 Å². The summed E-state index contributed by atoms with van der Waals surface area (Å²) in [5.74, 6) is -0.758. The van der Waals surface area contributed by atoms with Crippen LogP contribution in [0.3, 0.4) is 0 Å². The second-order valence-corrected chi connectivity index (χ2v) is 13.6. The van der Waals surface area contributed by atoms with Crippen molar-refractivity contribution in [2.45, 2.75) is 53.0 Å². The first-order valence-electron chi connectivity index (χ1n) is 11.4. The lowest BCUT2D eigenvalue weighted by Crippen LogP contribution is -2.47. The smallest absolute Gasteiger partial charge is 0.408 e. The first-order valence-corrected chi connectivity index (χ1v) is 13.6. The van der Waals surface area contributed by atoms with Crippen LogP contribution in [0.15, 0.2) is 18.7 Å². The van der Waals surface area contributed by atoms with Crippen LogP contribution in [0.4, 0.5) is 4.79 Å². The van der Waals surface area contributed by atoms with Gasteiger partial charge < -0.3 is 33.7 Å². The Hall–Kier alpha value is -1.69. The number of amides is 1. The number of alkyl halides is 6. The normalized spacial score (nSPS) is 13.4. The van der Waals surface area contributed by atoms with Gasteiger partial charge in [0.25, 0.3) is 7.59 Å². The highest BCUT2D eigenvalue weighted by atomic mass is 35.6. The minimum Gasteiger partial charge on any atom is -0.493 e. The molecule has 1 rings (SSSR count). The maximum Gasteiger partial charge on any atom is 0.408 e. The number of nitrogens with one attached hydrogen (secondary N) is 3. The van der Waals surface area contributed by atoms with E-state index in [1.54, 1.807) is 27.7 Å². The molecule has 3 N–H and O–H groups in total. The topological polar surface area (TPSA) is 132 Å². The molecule has 0 aliphatic heterocycles. The van der Waals surface area contributed by atoms with Gasteiger partial charge in [-0.25, -0.2) is 4.79 Å². The van der Waals surface area contributed by atoms with Crippen LogP contribution in [0.25, 0.3) is 0 Å². The van der Waals surface area contributed by atoms with E-state index in [-0.39, 0.29) is 23.7 Å². The van der Waals surface area contributed by atoms with Gasteiger partial charge in [0, 0.05) is 11.1 Å². The third-order valence-corrected chi connectivity index (χ3v) is 5.79. The second kappa shape index (κ2) is 15.0. The van der Waals surface area contributed by atoms with Crippen molar-refractivity contribution in [3.63, 3.8) is 0 Å². The van der Waals surface area contributed by atoms with Crippen molar-refractivity contribution < 1.29 is 33.2 Å². The summed E-state index contributed by atoms with van der Waals surface area (Å²) in [4.78, 5) is 12.9. The maximum absolute atomic E-state index is 12.9. The van der Waals surface area contributed by atoms with E-state index in [2.05, 4.69) is 11.9 Å². The lowest BCUT2D eigenvalue weighted by molar-refractivity contribution is 0.0369. The van der Waals surface area contributed by atoms with Gasteiger partial charge in [-0.2, -0.15) is 0 Å². The van der Waals surface area contributed by atoms with Gasteiger partial charge in [0.1, 0.15) is 30.6 Å². The van der Waals surface area contributed by atoms with Crippen molar-refractivity contribution >= 4 is 87.5 Å². The van der Waals surface area contributed by atoms with Crippen molar-refractivity contribution in [3.05, 3.63) is 29.8 Å². The predicted octanol–water partition coefficient (Wildman–Crippen LogP) is 7.24. The lowest BCUT2D eigenvalue weighted by Gasteiger charge is -2.33. The minimum absolute atomic E-state index is 0.0521. The van der Waals surface area contributed by atoms with Gasteiger partial charge in [-0.15, -0.1) is 0 Å². The van der Waals surface area contributed by atoms with Crippen LogP contribution in [0.5, 0.6) is 17.2 Å². The van der Waals surface area contributed by atoms with E-state index in [0.717, 1.165) is 0 Å². The number of rotatable bonds is 11. The third-order valence-electron chi connectivity index (χ3n) is 4.76. The Morgan fingerprint density at radius 3 is 2.05 bits per heavy atom. The van der Waals surface area contributed by atoms with Gasteiger partial charge in [-0.05, 0) is 33.8 Å². The first kappa shape index (κ1) is 36.3. The summed E-state index contributed by atoms with van der Waals surface area (Å²) in [6.07, 6.45) is -0.792. The summed E-state index contributed by atoms with van der Waals surface area (Å²) in [5, 5.41) is 18.8. The van der Waals surface area contributed by atoms with Crippen LogP contribution < -0.4 is 19.5 Å². The molecule has 1 aromatic carbocycles. The van der Waals surface area contributed by atoms with Crippen molar-refractivity contribution in [2.75, 3.05) is 27.4 Å². The lowest BCUT2D eigenvalue weighted by atomic mass is 9.97. The van der Waals surface area contributed by atoms with Crippen LogP contribution in [0.2, 0.25) is 0 Å². The fourth-order valence-electron chi connectivity index (χ4n) is 3.20. The molecule has 1 amide bonds. The zero-order chi connectivity index (χ0) is 31.1. The van der Waals surface area contributed by atoms with Crippen LogP contribution in [0, 0.1) is 17.7 Å². The first-order chi connectivity index (χ1) is 18.3. The molecule has 0 heterocycles. The van der Waals surface area contributed by atoms with Crippen LogP contribution in [-0.2, 0) is 14.2 Å². The quantitative estimate of drug-likeness (QED) is 0.0968. The Morgan fingerprint density at radius 2 is 1.60 bits per heavy atom. The standard InChI is InChI=1S/C24H31Cl6N3O7/c1-8-9-37-16-12(2)17(36-7)15(35-6)10-13(16)18(39-20(32)24(28,29)30)14(11-38-19(31)23(25,26)27)33-21(34)40-22(3,4)5/h8,10,14,18,31-32H,1,9,11H2,2-7H3,(H,33,34)/t14-,18-/m1/s1. The van der Waals surface area contributed by atoms with Crippen LogP contribution in [-0.4, -0.2) is 64.6 Å². The molecule has 226 valence electrons. The van der Waals surface area contributed by atoms with Gasteiger partial charge in [0.2, 0.25) is 11.8 Å². The SMILES string of the molecule is C=CCOc1c([C@@H](OC(=N)C(Cl)(Cl)Cl)[C@@H](COC(=N)C(Cl)(Cl)Cl)NC(=O)OC(C)(C)C)cc(OC)c(OC)c1C. The summed E-state index contributed by atoms with van der Waals surface area (Å²) >= 11 is 35.1. The Labute approximate surface area is 263 Å². The molecule has 2 atom stereocenters. The Bertz CT molecular complexity index is 1080. The van der Waals surface area contributed by atoms with Crippen molar-refractivity contribution in [1.82, 2.24) is 5.32 Å². The summed E-state index contributed by atoms with van der Waals surface area (Å²) in [5.41, 5.74) is -0.210. The second-order valence-electron chi connectivity index (χ2n) is 9.01. The van der Waals surface area contributed by atoms with Gasteiger partial charge in [-0.3, -0.25) is 10.8 Å². The van der Waals surface area contributed by atoms with E-state index < -0.39 is 49.8 Å².